The van der Waals surface area contributed by atoms with Crippen LogP contribution in [0.15, 0.2) is 36.7 Å². The van der Waals surface area contributed by atoms with Crippen LogP contribution in [0, 0.1) is 0 Å². The number of rotatable bonds is 3. The van der Waals surface area contributed by atoms with Crippen molar-refractivity contribution in [1.82, 2.24) is 15.0 Å². The Labute approximate surface area is 155 Å². The number of thiophene rings is 1. The standard InChI is InChI=1S/C21H19N3OS/c1-2-25-20-19-18(22-12-23-20)16-14-10-6-7-11-15(14)17(24-21(16)26-19)13-8-4-3-5-9-13/h3-5,8-9,12H,2,6-7,10-11H2,1H3. The van der Waals surface area contributed by atoms with Crippen molar-refractivity contribution < 1.29 is 4.74 Å². The summed E-state index contributed by atoms with van der Waals surface area (Å²) in [7, 11) is 0. The summed E-state index contributed by atoms with van der Waals surface area (Å²) in [6.07, 6.45) is 6.24. The number of ether oxygens (including phenoxy) is 1. The Morgan fingerprint density at radius 3 is 2.65 bits per heavy atom. The number of hydrogen-bond acceptors (Lipinski definition) is 5. The fourth-order valence-corrected chi connectivity index (χ4v) is 5.02. The van der Waals surface area contributed by atoms with Gasteiger partial charge in [-0.05, 0) is 43.7 Å². The second-order valence-electron chi connectivity index (χ2n) is 6.56. The normalized spacial score (nSPS) is 13.9. The molecule has 0 spiro atoms. The molecule has 0 atom stereocenters. The highest BCUT2D eigenvalue weighted by Crippen LogP contribution is 2.43. The summed E-state index contributed by atoms with van der Waals surface area (Å²) >= 11 is 1.65. The van der Waals surface area contributed by atoms with Crippen LogP contribution in [-0.2, 0) is 12.8 Å². The number of hydrogen-bond donors (Lipinski definition) is 0. The summed E-state index contributed by atoms with van der Waals surface area (Å²) in [5, 5.41) is 1.21. The van der Waals surface area contributed by atoms with Gasteiger partial charge in [-0.25, -0.2) is 15.0 Å². The Hall–Kier alpha value is -2.53. The predicted octanol–water partition coefficient (Wildman–Crippen LogP) is 5.18. The third-order valence-corrected chi connectivity index (χ3v) is 6.08. The monoisotopic (exact) mass is 361 g/mol. The van der Waals surface area contributed by atoms with Gasteiger partial charge in [-0.1, -0.05) is 30.3 Å². The summed E-state index contributed by atoms with van der Waals surface area (Å²) in [5.74, 6) is 0.673. The maximum absolute atomic E-state index is 5.74. The van der Waals surface area contributed by atoms with Crippen molar-refractivity contribution in [2.45, 2.75) is 32.6 Å². The number of aryl methyl sites for hydroxylation is 1. The van der Waals surface area contributed by atoms with Crippen LogP contribution in [-0.4, -0.2) is 21.6 Å². The first kappa shape index (κ1) is 15.7. The largest absolute Gasteiger partial charge is 0.477 e. The molecule has 0 fully saturated rings. The minimum atomic E-state index is 0.598. The summed E-state index contributed by atoms with van der Waals surface area (Å²) in [6, 6.07) is 10.5. The molecule has 1 aliphatic carbocycles. The minimum absolute atomic E-state index is 0.598. The molecule has 0 bridgehead atoms. The van der Waals surface area contributed by atoms with Crippen molar-refractivity contribution in [2.75, 3.05) is 6.61 Å². The van der Waals surface area contributed by atoms with Crippen molar-refractivity contribution >= 4 is 31.8 Å². The fourth-order valence-electron chi connectivity index (χ4n) is 3.91. The SMILES string of the molecule is CCOc1ncnc2c1sc1nc(-c3ccccc3)c3c(c12)CCCC3. The van der Waals surface area contributed by atoms with Gasteiger partial charge in [0.1, 0.15) is 15.9 Å². The van der Waals surface area contributed by atoms with Crippen LogP contribution in [0.5, 0.6) is 5.88 Å². The molecule has 0 radical (unpaired) electrons. The lowest BCUT2D eigenvalue weighted by Gasteiger charge is -2.20. The summed E-state index contributed by atoms with van der Waals surface area (Å²) < 4.78 is 6.75. The van der Waals surface area contributed by atoms with E-state index in [1.807, 2.05) is 6.92 Å². The van der Waals surface area contributed by atoms with E-state index >= 15 is 0 Å². The third kappa shape index (κ3) is 2.38. The average molecular weight is 361 g/mol. The number of benzene rings is 1. The molecule has 0 saturated heterocycles. The molecule has 4 nitrogen and oxygen atoms in total. The molecule has 0 aliphatic heterocycles. The summed E-state index contributed by atoms with van der Waals surface area (Å²) in [4.78, 5) is 15.1. The molecule has 1 aromatic carbocycles. The number of pyridine rings is 1. The zero-order chi connectivity index (χ0) is 17.5. The Bertz CT molecular complexity index is 1100. The minimum Gasteiger partial charge on any atom is -0.477 e. The quantitative estimate of drug-likeness (QED) is 0.504. The maximum Gasteiger partial charge on any atom is 0.234 e. The van der Waals surface area contributed by atoms with Gasteiger partial charge in [-0.3, -0.25) is 0 Å². The van der Waals surface area contributed by atoms with Gasteiger partial charge in [-0.15, -0.1) is 11.3 Å². The first-order valence-corrected chi connectivity index (χ1v) is 9.95. The molecule has 3 aromatic heterocycles. The topological polar surface area (TPSA) is 47.9 Å². The van der Waals surface area contributed by atoms with Crippen LogP contribution in [0.3, 0.4) is 0 Å². The lowest BCUT2D eigenvalue weighted by atomic mass is 9.87. The summed E-state index contributed by atoms with van der Waals surface area (Å²) in [6.45, 7) is 2.58. The fraction of sp³-hybridized carbons (Fsp3) is 0.286. The number of aromatic nitrogens is 3. The molecular formula is C21H19N3OS. The third-order valence-electron chi connectivity index (χ3n) is 5.02. The molecule has 4 aromatic rings. The Morgan fingerprint density at radius 2 is 1.85 bits per heavy atom. The molecule has 0 N–H and O–H groups in total. The smallest absolute Gasteiger partial charge is 0.234 e. The van der Waals surface area contributed by atoms with E-state index in [4.69, 9.17) is 9.72 Å². The van der Waals surface area contributed by atoms with Gasteiger partial charge in [0.2, 0.25) is 5.88 Å². The number of fused-ring (bicyclic) bond motifs is 5. The lowest BCUT2D eigenvalue weighted by Crippen LogP contribution is -2.07. The molecule has 0 unspecified atom stereocenters. The van der Waals surface area contributed by atoms with Gasteiger partial charge >= 0.3 is 0 Å². The van der Waals surface area contributed by atoms with Crippen LogP contribution in [0.1, 0.15) is 30.9 Å². The van der Waals surface area contributed by atoms with Crippen molar-refractivity contribution in [1.29, 1.82) is 0 Å². The first-order valence-electron chi connectivity index (χ1n) is 9.14. The van der Waals surface area contributed by atoms with Crippen LogP contribution in [0.2, 0.25) is 0 Å². The van der Waals surface area contributed by atoms with Gasteiger partial charge in [0.15, 0.2) is 0 Å². The molecule has 3 heterocycles. The Morgan fingerprint density at radius 1 is 1.04 bits per heavy atom. The van der Waals surface area contributed by atoms with Gasteiger partial charge in [-0.2, -0.15) is 0 Å². The van der Waals surface area contributed by atoms with Crippen molar-refractivity contribution in [3.8, 4) is 17.1 Å². The number of nitrogens with zero attached hydrogens (tertiary/aromatic N) is 3. The Balaban J connectivity index is 1.87. The van der Waals surface area contributed by atoms with Crippen molar-refractivity contribution in [2.24, 2.45) is 0 Å². The molecule has 26 heavy (non-hydrogen) atoms. The van der Waals surface area contributed by atoms with Gasteiger partial charge < -0.3 is 4.74 Å². The van der Waals surface area contributed by atoms with E-state index in [2.05, 4.69) is 40.3 Å². The van der Waals surface area contributed by atoms with E-state index in [0.717, 1.165) is 33.6 Å². The highest BCUT2D eigenvalue weighted by atomic mass is 32.1. The van der Waals surface area contributed by atoms with E-state index in [1.54, 1.807) is 17.7 Å². The highest BCUT2D eigenvalue weighted by molar-refractivity contribution is 7.25. The maximum atomic E-state index is 5.74. The molecule has 130 valence electrons. The van der Waals surface area contributed by atoms with Crippen LogP contribution in [0.4, 0.5) is 0 Å². The van der Waals surface area contributed by atoms with Crippen molar-refractivity contribution in [3.05, 3.63) is 47.8 Å². The second kappa shape index (κ2) is 6.32. The van der Waals surface area contributed by atoms with E-state index < -0.39 is 0 Å². The van der Waals surface area contributed by atoms with E-state index in [-0.39, 0.29) is 0 Å². The lowest BCUT2D eigenvalue weighted by molar-refractivity contribution is 0.331. The first-order chi connectivity index (χ1) is 12.9. The Kier molecular flexibility index (Phi) is 3.82. The van der Waals surface area contributed by atoms with Gasteiger partial charge in [0, 0.05) is 10.9 Å². The zero-order valence-corrected chi connectivity index (χ0v) is 15.5. The molecule has 1 aliphatic rings. The van der Waals surface area contributed by atoms with Crippen LogP contribution >= 0.6 is 11.3 Å². The molecular weight excluding hydrogens is 342 g/mol. The van der Waals surface area contributed by atoms with E-state index in [9.17, 15) is 0 Å². The zero-order valence-electron chi connectivity index (χ0n) is 14.7. The second-order valence-corrected chi connectivity index (χ2v) is 7.56. The molecule has 5 rings (SSSR count). The molecule has 0 amide bonds. The van der Waals surface area contributed by atoms with E-state index in [1.165, 1.54) is 34.9 Å². The van der Waals surface area contributed by atoms with Crippen molar-refractivity contribution in [3.63, 3.8) is 0 Å². The van der Waals surface area contributed by atoms with Gasteiger partial charge in [0.25, 0.3) is 0 Å². The van der Waals surface area contributed by atoms with E-state index in [0.29, 0.717) is 12.5 Å². The molecule has 0 saturated carbocycles. The predicted molar refractivity (Wildman–Crippen MR) is 106 cm³/mol. The average Bonchev–Trinajstić information content (AvgIpc) is 3.08. The highest BCUT2D eigenvalue weighted by Gasteiger charge is 2.24. The molecule has 5 heteroatoms. The summed E-state index contributed by atoms with van der Waals surface area (Å²) in [5.41, 5.74) is 6.14. The van der Waals surface area contributed by atoms with Gasteiger partial charge in [0.05, 0.1) is 17.8 Å². The van der Waals surface area contributed by atoms with Crippen LogP contribution in [0.25, 0.3) is 31.7 Å². The van der Waals surface area contributed by atoms with Crippen LogP contribution < -0.4 is 4.74 Å².